The molecule has 0 radical (unpaired) electrons. The second-order valence-electron chi connectivity index (χ2n) is 7.04. The normalized spacial score (nSPS) is 21.7. The van der Waals surface area contributed by atoms with E-state index in [1.54, 1.807) is 12.1 Å². The molecule has 2 aliphatic heterocycles. The highest BCUT2D eigenvalue weighted by molar-refractivity contribution is 8.18. The molecule has 11 heteroatoms. The van der Waals surface area contributed by atoms with Crippen molar-refractivity contribution in [2.75, 3.05) is 19.0 Å². The van der Waals surface area contributed by atoms with Crippen molar-refractivity contribution in [3.05, 3.63) is 40.1 Å². The van der Waals surface area contributed by atoms with Crippen molar-refractivity contribution in [2.45, 2.75) is 26.2 Å². The van der Waals surface area contributed by atoms with E-state index in [2.05, 4.69) is 15.0 Å². The molecule has 1 aromatic rings. The largest absolute Gasteiger partial charge is 0.725 e. The molecular formula is C18H19BF2N4O3S. The lowest BCUT2D eigenvalue weighted by Gasteiger charge is -2.38. The second kappa shape index (κ2) is 7.29. The zero-order chi connectivity index (χ0) is 20.8. The number of halogens is 2. The van der Waals surface area contributed by atoms with Gasteiger partial charge in [0.2, 0.25) is 0 Å². The van der Waals surface area contributed by atoms with Crippen LogP contribution in [0.2, 0.25) is 0 Å². The summed E-state index contributed by atoms with van der Waals surface area (Å²) in [6, 6.07) is 3.46. The van der Waals surface area contributed by atoms with Crippen molar-refractivity contribution >= 4 is 47.2 Å². The van der Waals surface area contributed by atoms with Crippen LogP contribution < -0.4 is 9.89 Å². The number of hydrogen-bond donors (Lipinski definition) is 1. The lowest BCUT2D eigenvalue weighted by molar-refractivity contribution is -0.372. The molecule has 3 heterocycles. The number of anilines is 1. The van der Waals surface area contributed by atoms with E-state index in [0.717, 1.165) is 11.8 Å². The fourth-order valence-corrected chi connectivity index (χ4v) is 4.40. The van der Waals surface area contributed by atoms with Crippen molar-refractivity contribution in [1.82, 2.24) is 4.98 Å². The number of nitrogens with one attached hydrogen (secondary N) is 1. The molecule has 0 spiro atoms. The van der Waals surface area contributed by atoms with Crippen LogP contribution in [0.15, 0.2) is 39.6 Å². The highest BCUT2D eigenvalue weighted by Crippen LogP contribution is 2.46. The smallest absolute Gasteiger partial charge is 0.627 e. The van der Waals surface area contributed by atoms with Crippen LogP contribution in [0.4, 0.5) is 14.4 Å². The first-order valence-electron chi connectivity index (χ1n) is 9.13. The van der Waals surface area contributed by atoms with Crippen LogP contribution in [0.1, 0.15) is 31.7 Å². The molecule has 29 heavy (non-hydrogen) atoms. The van der Waals surface area contributed by atoms with Crippen LogP contribution in [-0.4, -0.2) is 43.0 Å². The van der Waals surface area contributed by atoms with Crippen molar-refractivity contribution in [2.24, 2.45) is 4.99 Å². The van der Waals surface area contributed by atoms with E-state index in [1.807, 2.05) is 19.0 Å². The van der Waals surface area contributed by atoms with E-state index < -0.39 is 7.11 Å². The van der Waals surface area contributed by atoms with Crippen molar-refractivity contribution in [1.29, 1.82) is 0 Å². The van der Waals surface area contributed by atoms with Gasteiger partial charge in [-0.3, -0.25) is 0 Å². The van der Waals surface area contributed by atoms with Gasteiger partial charge < -0.3 is 22.8 Å². The van der Waals surface area contributed by atoms with E-state index in [9.17, 15) is 13.4 Å². The van der Waals surface area contributed by atoms with Crippen LogP contribution in [0.5, 0.6) is 0 Å². The first kappa shape index (κ1) is 19.6. The van der Waals surface area contributed by atoms with Gasteiger partial charge in [-0.05, 0) is 30.0 Å². The minimum Gasteiger partial charge on any atom is -0.627 e. The van der Waals surface area contributed by atoms with Crippen molar-refractivity contribution in [3.8, 4) is 0 Å². The number of amidine groups is 1. The van der Waals surface area contributed by atoms with Crippen molar-refractivity contribution < 1.29 is 27.7 Å². The average molecular weight is 420 g/mol. The molecule has 0 saturated heterocycles. The molecule has 0 fully saturated rings. The fourth-order valence-electron chi connectivity index (χ4n) is 3.32. The number of carbonyl (C=O) groups excluding carboxylic acids is 1. The molecule has 0 aromatic carbocycles. The third kappa shape index (κ3) is 3.91. The molecular weight excluding hydrogens is 401 g/mol. The number of nitrogens with zero attached hydrogens (tertiary/aromatic N) is 3. The summed E-state index contributed by atoms with van der Waals surface area (Å²) in [5.41, 5.74) is 1.66. The maximum absolute atomic E-state index is 14.4. The summed E-state index contributed by atoms with van der Waals surface area (Å²) < 4.78 is 38.8. The Morgan fingerprint density at radius 3 is 2.66 bits per heavy atom. The zero-order valence-corrected chi connectivity index (χ0v) is 17.0. The van der Waals surface area contributed by atoms with Gasteiger partial charge >= 0.3 is 18.2 Å². The minimum absolute atomic E-state index is 0.0783. The van der Waals surface area contributed by atoms with Gasteiger partial charge in [0, 0.05) is 56.5 Å². The van der Waals surface area contributed by atoms with E-state index in [0.29, 0.717) is 52.0 Å². The van der Waals surface area contributed by atoms with Gasteiger partial charge in [0.15, 0.2) is 5.71 Å². The molecule has 0 saturated carbocycles. The lowest BCUT2D eigenvalue weighted by atomic mass is 9.98. The molecule has 1 N–H and O–H groups in total. The molecule has 4 rings (SSSR count). The Kier molecular flexibility index (Phi) is 4.93. The number of allylic oxidation sites excluding steroid dienone is 2. The van der Waals surface area contributed by atoms with Crippen LogP contribution >= 0.6 is 11.8 Å². The summed E-state index contributed by atoms with van der Waals surface area (Å²) in [6.07, 6.45) is 3.30. The number of aromatic nitrogens is 1. The van der Waals surface area contributed by atoms with Gasteiger partial charge in [-0.1, -0.05) is 0 Å². The number of aliphatic imine (C=N–C) groups is 1. The molecule has 0 atom stereocenters. The van der Waals surface area contributed by atoms with Gasteiger partial charge in [-0.2, -0.15) is 0 Å². The molecule has 0 unspecified atom stereocenters. The maximum Gasteiger partial charge on any atom is 0.725 e. The summed E-state index contributed by atoms with van der Waals surface area (Å²) >= 11 is 1.13. The van der Waals surface area contributed by atoms with E-state index in [4.69, 9.17) is 9.31 Å². The van der Waals surface area contributed by atoms with Gasteiger partial charge in [-0.15, -0.1) is 0 Å². The number of pyridine rings is 1. The Hall–Kier alpha value is -2.69. The number of rotatable bonds is 2. The first-order chi connectivity index (χ1) is 13.7. The standard InChI is InChI=1S/C18H18BF2N4O3S/c1-10(26)23-18-24-13-6-4-5-12-15(11-7-8-14(22-9-11)25(2)3)27-19(20,21)28-16(12)17(13)29-18/h7-9H,4-6H2,1-3H3/q-1/p+1. The summed E-state index contributed by atoms with van der Waals surface area (Å²) in [7, 11) is -0.853. The summed E-state index contributed by atoms with van der Waals surface area (Å²) in [5, 5.41) is 0.362. The topological polar surface area (TPSA) is 78.0 Å². The van der Waals surface area contributed by atoms with Crippen LogP contribution in [0.3, 0.4) is 0 Å². The number of thioether (sulfide) groups is 1. The van der Waals surface area contributed by atoms with Gasteiger partial charge in [0.25, 0.3) is 0 Å². The Bertz CT molecular complexity index is 1000. The van der Waals surface area contributed by atoms with Crippen LogP contribution in [0, 0.1) is 0 Å². The number of fused-ring (bicyclic) bond motifs is 2. The second-order valence-corrected chi connectivity index (χ2v) is 8.04. The van der Waals surface area contributed by atoms with Crippen LogP contribution in [-0.2, 0) is 14.1 Å². The summed E-state index contributed by atoms with van der Waals surface area (Å²) in [6.45, 7) is 1.37. The molecule has 3 aliphatic rings. The van der Waals surface area contributed by atoms with Crippen molar-refractivity contribution in [3.63, 3.8) is 0 Å². The third-order valence-corrected chi connectivity index (χ3v) is 5.57. The highest BCUT2D eigenvalue weighted by atomic mass is 32.2. The molecule has 152 valence electrons. The number of hydrogen-bond acceptors (Lipinski definition) is 6. The third-order valence-electron chi connectivity index (χ3n) is 4.55. The van der Waals surface area contributed by atoms with E-state index >= 15 is 0 Å². The number of amides is 1. The molecule has 1 aromatic heterocycles. The summed E-state index contributed by atoms with van der Waals surface area (Å²) in [5.74, 6) is 0.592. The van der Waals surface area contributed by atoms with Gasteiger partial charge in [-0.25, -0.2) is 14.8 Å². The minimum atomic E-state index is -4.55. The van der Waals surface area contributed by atoms with Crippen LogP contribution in [0.25, 0.3) is 5.76 Å². The fraction of sp³-hybridized carbons (Fsp3) is 0.333. The highest BCUT2D eigenvalue weighted by Gasteiger charge is 2.45. The summed E-state index contributed by atoms with van der Waals surface area (Å²) in [4.78, 5) is 25.0. The van der Waals surface area contributed by atoms with Gasteiger partial charge in [0.05, 0.1) is 5.76 Å². The zero-order valence-electron chi connectivity index (χ0n) is 16.2. The number of carbonyl (C=O) groups is 1. The lowest BCUT2D eigenvalue weighted by Crippen LogP contribution is -2.75. The van der Waals surface area contributed by atoms with E-state index in [-0.39, 0.29) is 17.4 Å². The maximum atomic E-state index is 14.4. The molecule has 1 amide bonds. The van der Waals surface area contributed by atoms with E-state index in [1.165, 1.54) is 13.1 Å². The molecule has 7 nitrogen and oxygen atoms in total. The Labute approximate surface area is 170 Å². The molecule has 1 aliphatic carbocycles. The van der Waals surface area contributed by atoms with Gasteiger partial charge in [0.1, 0.15) is 16.5 Å². The Morgan fingerprint density at radius 1 is 1.24 bits per heavy atom. The quantitative estimate of drug-likeness (QED) is 0.736. The Balaban J connectivity index is 1.84. The monoisotopic (exact) mass is 420 g/mol. The SMILES string of the molecule is CC(=O)[NH+]=C1N=C2CCCC3=C(c4ccc(N(C)C)nc4)O[B-](F)(F)OC3=C2S1. The first-order valence-corrected chi connectivity index (χ1v) is 9.95. The predicted molar refractivity (Wildman–Crippen MR) is 108 cm³/mol. The molecule has 0 bridgehead atoms. The average Bonchev–Trinajstić information content (AvgIpc) is 2.96. The predicted octanol–water partition coefficient (Wildman–Crippen LogP) is 1.85. The Morgan fingerprint density at radius 2 is 2.00 bits per heavy atom.